The first-order valence-corrected chi connectivity index (χ1v) is 10.6. The fourth-order valence-corrected chi connectivity index (χ4v) is 4.68. The van der Waals surface area contributed by atoms with Gasteiger partial charge in [0.2, 0.25) is 15.9 Å². The Morgan fingerprint density at radius 1 is 1.11 bits per heavy atom. The first kappa shape index (κ1) is 18.0. The number of benzene rings is 2. The quantitative estimate of drug-likeness (QED) is 0.856. The molecule has 6 nitrogen and oxygen atoms in total. The number of para-hydroxylation sites is 1. The fraction of sp³-hybridized carbons (Fsp3) is 0.350. The summed E-state index contributed by atoms with van der Waals surface area (Å²) in [5.41, 5.74) is 1.85. The zero-order valence-electron chi connectivity index (χ0n) is 14.9. The molecule has 0 radical (unpaired) electrons. The molecule has 0 bridgehead atoms. The molecule has 2 heterocycles. The predicted molar refractivity (Wildman–Crippen MR) is 102 cm³/mol. The van der Waals surface area contributed by atoms with E-state index < -0.39 is 10.0 Å². The number of sulfonamides is 1. The molecule has 0 unspecified atom stereocenters. The largest absolute Gasteiger partial charge is 0.493 e. The van der Waals surface area contributed by atoms with Crippen LogP contribution in [0.3, 0.4) is 0 Å². The number of anilines is 1. The minimum atomic E-state index is -3.60. The number of fused-ring (bicyclic) bond motifs is 1. The molecule has 0 spiro atoms. The van der Waals surface area contributed by atoms with Gasteiger partial charge < -0.3 is 9.64 Å². The van der Waals surface area contributed by atoms with Crippen LogP contribution in [0.5, 0.6) is 5.75 Å². The van der Waals surface area contributed by atoms with Crippen molar-refractivity contribution in [2.75, 3.05) is 24.6 Å². The van der Waals surface area contributed by atoms with Crippen LogP contribution in [0.15, 0.2) is 53.4 Å². The second-order valence-electron chi connectivity index (χ2n) is 6.98. The lowest BCUT2D eigenvalue weighted by Gasteiger charge is -2.25. The molecule has 1 atom stereocenters. The molecule has 27 heavy (non-hydrogen) atoms. The Labute approximate surface area is 159 Å². The fourth-order valence-electron chi connectivity index (χ4n) is 3.56. The minimum absolute atomic E-state index is 0.0845. The molecule has 1 amide bonds. The Balaban J connectivity index is 1.39. The van der Waals surface area contributed by atoms with Gasteiger partial charge in [-0.1, -0.05) is 18.2 Å². The third kappa shape index (κ3) is 3.84. The number of hydrogen-bond donors (Lipinski definition) is 1. The van der Waals surface area contributed by atoms with E-state index >= 15 is 0 Å². The lowest BCUT2D eigenvalue weighted by atomic mass is 9.97. The number of carbonyl (C=O) groups excluding carboxylic acids is 1. The number of hydrogen-bond acceptors (Lipinski definition) is 4. The number of carbonyl (C=O) groups is 1. The highest BCUT2D eigenvalue weighted by atomic mass is 32.2. The molecule has 4 rings (SSSR count). The number of amides is 1. The van der Waals surface area contributed by atoms with Crippen LogP contribution in [0.4, 0.5) is 5.69 Å². The molecule has 0 aromatic heterocycles. The van der Waals surface area contributed by atoms with E-state index in [4.69, 9.17) is 4.74 Å². The lowest BCUT2D eigenvalue weighted by Crippen LogP contribution is -2.34. The highest BCUT2D eigenvalue weighted by molar-refractivity contribution is 7.89. The van der Waals surface area contributed by atoms with E-state index in [0.29, 0.717) is 26.1 Å². The third-order valence-electron chi connectivity index (χ3n) is 5.05. The van der Waals surface area contributed by atoms with Crippen molar-refractivity contribution in [1.29, 1.82) is 0 Å². The van der Waals surface area contributed by atoms with Crippen LogP contribution in [-0.2, 0) is 21.2 Å². The average Bonchev–Trinajstić information content (AvgIpc) is 3.12. The molecule has 1 saturated heterocycles. The van der Waals surface area contributed by atoms with Crippen molar-refractivity contribution in [2.24, 2.45) is 5.92 Å². The van der Waals surface area contributed by atoms with Crippen LogP contribution in [0, 0.1) is 5.92 Å². The van der Waals surface area contributed by atoms with Gasteiger partial charge in [-0.05, 0) is 48.7 Å². The molecular weight excluding hydrogens is 364 g/mol. The molecule has 1 N–H and O–H groups in total. The van der Waals surface area contributed by atoms with E-state index in [2.05, 4.69) is 4.72 Å². The van der Waals surface area contributed by atoms with E-state index in [1.54, 1.807) is 29.2 Å². The standard InChI is InChI=1S/C20H22N2O4S/c23-20-6-3-11-22(20)17-7-9-18(10-8-17)27(24,25)21-13-15-12-16-4-1-2-5-19(16)26-14-15/h1-2,4-5,7-10,15,21H,3,6,11-14H2/t15-/m1/s1. The maximum Gasteiger partial charge on any atom is 0.240 e. The van der Waals surface area contributed by atoms with Crippen molar-refractivity contribution in [1.82, 2.24) is 4.72 Å². The Bertz CT molecular complexity index is 941. The van der Waals surface area contributed by atoms with Crippen LogP contribution in [-0.4, -0.2) is 34.0 Å². The van der Waals surface area contributed by atoms with E-state index in [-0.39, 0.29) is 16.7 Å². The van der Waals surface area contributed by atoms with Gasteiger partial charge in [0.15, 0.2) is 0 Å². The first-order chi connectivity index (χ1) is 13.0. The molecule has 2 aliphatic rings. The van der Waals surface area contributed by atoms with Crippen LogP contribution in [0.25, 0.3) is 0 Å². The van der Waals surface area contributed by atoms with Gasteiger partial charge in [0.1, 0.15) is 5.75 Å². The zero-order valence-corrected chi connectivity index (χ0v) is 15.7. The summed E-state index contributed by atoms with van der Waals surface area (Å²) in [5.74, 6) is 1.06. The van der Waals surface area contributed by atoms with Crippen molar-refractivity contribution >= 4 is 21.6 Å². The minimum Gasteiger partial charge on any atom is -0.493 e. The third-order valence-corrected chi connectivity index (χ3v) is 6.49. The Hall–Kier alpha value is -2.38. The second-order valence-corrected chi connectivity index (χ2v) is 8.75. The number of nitrogens with one attached hydrogen (secondary N) is 1. The second kappa shape index (κ2) is 7.32. The van der Waals surface area contributed by atoms with Crippen LogP contribution >= 0.6 is 0 Å². The van der Waals surface area contributed by atoms with Crippen molar-refractivity contribution in [3.63, 3.8) is 0 Å². The SMILES string of the molecule is O=C1CCCN1c1ccc(S(=O)(=O)NC[C@@H]2COc3ccccc3C2)cc1. The molecule has 2 aromatic rings. The summed E-state index contributed by atoms with van der Waals surface area (Å²) >= 11 is 0. The summed E-state index contributed by atoms with van der Waals surface area (Å²) in [5, 5.41) is 0. The predicted octanol–water partition coefficient (Wildman–Crippen LogP) is 2.34. The molecular formula is C20H22N2O4S. The van der Waals surface area contributed by atoms with E-state index in [1.165, 1.54) is 0 Å². The van der Waals surface area contributed by atoms with Crippen LogP contribution < -0.4 is 14.4 Å². The van der Waals surface area contributed by atoms with E-state index in [9.17, 15) is 13.2 Å². The summed E-state index contributed by atoms with van der Waals surface area (Å²) in [7, 11) is -3.60. The highest BCUT2D eigenvalue weighted by Crippen LogP contribution is 2.27. The van der Waals surface area contributed by atoms with Crippen LogP contribution in [0.2, 0.25) is 0 Å². The molecule has 142 valence electrons. The van der Waals surface area contributed by atoms with Crippen LogP contribution in [0.1, 0.15) is 18.4 Å². The van der Waals surface area contributed by atoms with Gasteiger partial charge in [-0.15, -0.1) is 0 Å². The molecule has 0 aliphatic carbocycles. The highest BCUT2D eigenvalue weighted by Gasteiger charge is 2.24. The van der Waals surface area contributed by atoms with Crippen molar-refractivity contribution < 1.29 is 17.9 Å². The summed E-state index contributed by atoms with van der Waals surface area (Å²) in [6, 6.07) is 14.3. The summed E-state index contributed by atoms with van der Waals surface area (Å²) < 4.78 is 33.6. The molecule has 7 heteroatoms. The van der Waals surface area contributed by atoms with E-state index in [0.717, 1.165) is 29.8 Å². The Morgan fingerprint density at radius 3 is 2.63 bits per heavy atom. The lowest BCUT2D eigenvalue weighted by molar-refractivity contribution is -0.117. The maximum absolute atomic E-state index is 12.6. The Kier molecular flexibility index (Phi) is 4.88. The first-order valence-electron chi connectivity index (χ1n) is 9.14. The van der Waals surface area contributed by atoms with Gasteiger partial charge in [0.05, 0.1) is 11.5 Å². The number of ether oxygens (including phenoxy) is 1. The van der Waals surface area contributed by atoms with E-state index in [1.807, 2.05) is 24.3 Å². The Morgan fingerprint density at radius 2 is 1.89 bits per heavy atom. The average molecular weight is 386 g/mol. The molecule has 2 aliphatic heterocycles. The van der Waals surface area contributed by atoms with Gasteiger partial charge in [-0.3, -0.25) is 4.79 Å². The van der Waals surface area contributed by atoms with Gasteiger partial charge >= 0.3 is 0 Å². The smallest absolute Gasteiger partial charge is 0.240 e. The maximum atomic E-state index is 12.6. The summed E-state index contributed by atoms with van der Waals surface area (Å²) in [6.07, 6.45) is 2.18. The van der Waals surface area contributed by atoms with Crippen molar-refractivity contribution in [3.8, 4) is 5.75 Å². The normalized spacial score (nSPS) is 19.6. The molecule has 1 fully saturated rings. The number of nitrogens with zero attached hydrogens (tertiary/aromatic N) is 1. The van der Waals surface area contributed by atoms with Gasteiger partial charge in [0.25, 0.3) is 0 Å². The number of rotatable bonds is 5. The van der Waals surface area contributed by atoms with Crippen molar-refractivity contribution in [2.45, 2.75) is 24.2 Å². The zero-order chi connectivity index (χ0) is 18.9. The molecule has 0 saturated carbocycles. The summed E-state index contributed by atoms with van der Waals surface area (Å²) in [4.78, 5) is 13.7. The van der Waals surface area contributed by atoms with Crippen molar-refractivity contribution in [3.05, 3.63) is 54.1 Å². The molecule has 2 aromatic carbocycles. The van der Waals surface area contributed by atoms with Gasteiger partial charge in [-0.25, -0.2) is 13.1 Å². The summed E-state index contributed by atoms with van der Waals surface area (Å²) in [6.45, 7) is 1.50. The topological polar surface area (TPSA) is 75.7 Å². The van der Waals surface area contributed by atoms with Gasteiger partial charge in [0, 0.05) is 31.1 Å². The monoisotopic (exact) mass is 386 g/mol. The van der Waals surface area contributed by atoms with Gasteiger partial charge in [-0.2, -0.15) is 0 Å².